The van der Waals surface area contributed by atoms with Gasteiger partial charge in [0, 0.05) is 13.1 Å². The van der Waals surface area contributed by atoms with Crippen LogP contribution in [0.3, 0.4) is 0 Å². The first kappa shape index (κ1) is 17.4. The normalized spacial score (nSPS) is 11.6. The zero-order valence-corrected chi connectivity index (χ0v) is 12.5. The van der Waals surface area contributed by atoms with E-state index in [0.29, 0.717) is 12.1 Å². The van der Waals surface area contributed by atoms with Crippen molar-refractivity contribution < 1.29 is 23.4 Å². The molecule has 0 saturated carbocycles. The number of nitrogens with zero attached hydrogens (tertiary/aromatic N) is 1. The first-order valence-electron chi connectivity index (χ1n) is 6.75. The van der Waals surface area contributed by atoms with Gasteiger partial charge in [0.2, 0.25) is 5.91 Å². The summed E-state index contributed by atoms with van der Waals surface area (Å²) in [5.41, 5.74) is -0.390. The second-order valence-electron chi connectivity index (χ2n) is 5.42. The van der Waals surface area contributed by atoms with Crippen LogP contribution in [0, 0.1) is 0 Å². The lowest BCUT2D eigenvalue weighted by molar-refractivity contribution is -0.133. The van der Waals surface area contributed by atoms with Crippen molar-refractivity contribution in [1.82, 2.24) is 4.90 Å². The molecular weight excluding hydrogens is 280 g/mol. The Balaban J connectivity index is 2.73. The van der Waals surface area contributed by atoms with Crippen LogP contribution >= 0.6 is 0 Å². The number of carbonyl (C=O) groups excluding carboxylic acids is 1. The second-order valence-corrected chi connectivity index (χ2v) is 5.42. The van der Waals surface area contributed by atoms with Crippen LogP contribution in [-0.4, -0.2) is 41.2 Å². The third-order valence-corrected chi connectivity index (χ3v) is 2.79. The molecule has 1 aromatic carbocycles. The number of hydrogen-bond acceptors (Lipinski definition) is 3. The maximum Gasteiger partial charge on any atom is 0.387 e. The van der Waals surface area contributed by atoms with Gasteiger partial charge in [0.15, 0.2) is 0 Å². The lowest BCUT2D eigenvalue weighted by Gasteiger charge is -2.28. The average Bonchev–Trinajstić information content (AvgIpc) is 2.34. The summed E-state index contributed by atoms with van der Waals surface area (Å²) in [4.78, 5) is 13.7. The molecular formula is C15H21F2NO3. The summed E-state index contributed by atoms with van der Waals surface area (Å²) in [6, 6.07) is 6.07. The van der Waals surface area contributed by atoms with E-state index < -0.39 is 12.2 Å². The Morgan fingerprint density at radius 1 is 1.43 bits per heavy atom. The van der Waals surface area contributed by atoms with Crippen LogP contribution in [0.1, 0.15) is 26.3 Å². The van der Waals surface area contributed by atoms with Crippen molar-refractivity contribution in [3.05, 3.63) is 29.8 Å². The molecule has 118 valence electrons. The highest BCUT2D eigenvalue weighted by Gasteiger charge is 2.21. The van der Waals surface area contributed by atoms with E-state index in [9.17, 15) is 18.7 Å². The molecule has 1 aromatic rings. The minimum Gasteiger partial charge on any atom is -0.435 e. The maximum absolute atomic E-state index is 12.2. The van der Waals surface area contributed by atoms with E-state index in [1.807, 2.05) is 6.92 Å². The van der Waals surface area contributed by atoms with Crippen LogP contribution in [0.5, 0.6) is 5.75 Å². The summed E-state index contributed by atoms with van der Waals surface area (Å²) < 4.78 is 28.6. The Labute approximate surface area is 123 Å². The van der Waals surface area contributed by atoms with Crippen LogP contribution in [0.2, 0.25) is 0 Å². The molecule has 6 heteroatoms. The Kier molecular flexibility index (Phi) is 6.08. The molecule has 0 atom stereocenters. The van der Waals surface area contributed by atoms with Gasteiger partial charge in [-0.05, 0) is 38.5 Å². The molecule has 0 bridgehead atoms. The summed E-state index contributed by atoms with van der Waals surface area (Å²) in [6.45, 7) is 2.87. The monoisotopic (exact) mass is 301 g/mol. The molecule has 0 aromatic heterocycles. The van der Waals surface area contributed by atoms with Gasteiger partial charge >= 0.3 is 6.61 Å². The van der Waals surface area contributed by atoms with Crippen LogP contribution in [0.15, 0.2) is 24.3 Å². The van der Waals surface area contributed by atoms with Crippen molar-refractivity contribution in [3.8, 4) is 5.75 Å². The van der Waals surface area contributed by atoms with Gasteiger partial charge in [-0.25, -0.2) is 0 Å². The van der Waals surface area contributed by atoms with Crippen molar-refractivity contribution >= 4 is 5.91 Å². The average molecular weight is 301 g/mol. The van der Waals surface area contributed by atoms with E-state index in [0.717, 1.165) is 0 Å². The van der Waals surface area contributed by atoms with Crippen molar-refractivity contribution in [1.29, 1.82) is 0 Å². The number of amides is 1. The number of alkyl halides is 2. The molecule has 0 aliphatic rings. The molecule has 4 nitrogen and oxygen atoms in total. The Bertz CT molecular complexity index is 472. The zero-order valence-electron chi connectivity index (χ0n) is 12.5. The molecule has 1 amide bonds. The number of hydrogen-bond donors (Lipinski definition) is 1. The molecule has 1 rings (SSSR count). The third kappa shape index (κ3) is 6.53. The van der Waals surface area contributed by atoms with Crippen molar-refractivity contribution in [2.24, 2.45) is 0 Å². The van der Waals surface area contributed by atoms with Gasteiger partial charge in [0.25, 0.3) is 0 Å². The highest BCUT2D eigenvalue weighted by Crippen LogP contribution is 2.17. The van der Waals surface area contributed by atoms with Crippen molar-refractivity contribution in [2.45, 2.75) is 39.4 Å². The quantitative estimate of drug-likeness (QED) is 0.841. The minimum atomic E-state index is -2.89. The molecule has 0 fully saturated rings. The van der Waals surface area contributed by atoms with E-state index in [1.54, 1.807) is 26.0 Å². The summed E-state index contributed by atoms with van der Waals surface area (Å²) in [7, 11) is 0. The summed E-state index contributed by atoms with van der Waals surface area (Å²) in [5.74, 6) is -0.144. The van der Waals surface area contributed by atoms with E-state index in [4.69, 9.17) is 0 Å². The number of ether oxygens (including phenoxy) is 1. The zero-order chi connectivity index (χ0) is 16.0. The minimum absolute atomic E-state index is 0.0286. The Hall–Kier alpha value is -1.69. The molecule has 0 spiro atoms. The van der Waals surface area contributed by atoms with Crippen LogP contribution in [0.4, 0.5) is 8.78 Å². The molecule has 21 heavy (non-hydrogen) atoms. The van der Waals surface area contributed by atoms with Crippen LogP contribution in [-0.2, 0) is 11.2 Å². The second kappa shape index (κ2) is 7.36. The number of rotatable bonds is 7. The summed E-state index contributed by atoms with van der Waals surface area (Å²) in [6.07, 6.45) is 0.0738. The molecule has 0 radical (unpaired) electrons. The number of benzene rings is 1. The standard InChI is InChI=1S/C15H21F2NO3/c1-4-18(10-15(2,3)20)13(19)9-11-6-5-7-12(8-11)21-14(16)17/h5-8,14,20H,4,9-10H2,1-3H3. The molecule has 0 saturated heterocycles. The lowest BCUT2D eigenvalue weighted by Crippen LogP contribution is -2.42. The SMILES string of the molecule is CCN(CC(C)(C)O)C(=O)Cc1cccc(OC(F)F)c1. The van der Waals surface area contributed by atoms with Crippen LogP contribution in [0.25, 0.3) is 0 Å². The fourth-order valence-corrected chi connectivity index (χ4v) is 1.96. The van der Waals surface area contributed by atoms with E-state index in [-0.39, 0.29) is 24.6 Å². The molecule has 0 unspecified atom stereocenters. The van der Waals surface area contributed by atoms with Gasteiger partial charge in [0.1, 0.15) is 5.75 Å². The predicted octanol–water partition coefficient (Wildman–Crippen LogP) is 2.45. The third-order valence-electron chi connectivity index (χ3n) is 2.79. The van der Waals surface area contributed by atoms with Gasteiger partial charge < -0.3 is 14.7 Å². The predicted molar refractivity (Wildman–Crippen MR) is 75.3 cm³/mol. The lowest BCUT2D eigenvalue weighted by atomic mass is 10.1. The highest BCUT2D eigenvalue weighted by atomic mass is 19.3. The summed E-state index contributed by atoms with van der Waals surface area (Å²) >= 11 is 0. The Morgan fingerprint density at radius 3 is 2.62 bits per heavy atom. The van der Waals surface area contributed by atoms with E-state index in [2.05, 4.69) is 4.74 Å². The van der Waals surface area contributed by atoms with Crippen LogP contribution < -0.4 is 4.74 Å². The molecule has 0 heterocycles. The highest BCUT2D eigenvalue weighted by molar-refractivity contribution is 5.79. The van der Waals surface area contributed by atoms with Crippen molar-refractivity contribution in [3.63, 3.8) is 0 Å². The maximum atomic E-state index is 12.2. The van der Waals surface area contributed by atoms with Gasteiger partial charge in [0.05, 0.1) is 12.0 Å². The number of likely N-dealkylation sites (N-methyl/N-ethyl adjacent to an activating group) is 1. The molecule has 0 aliphatic heterocycles. The van der Waals surface area contributed by atoms with E-state index >= 15 is 0 Å². The van der Waals surface area contributed by atoms with Gasteiger partial charge in [-0.1, -0.05) is 12.1 Å². The fraction of sp³-hybridized carbons (Fsp3) is 0.533. The first-order valence-corrected chi connectivity index (χ1v) is 6.75. The fourth-order valence-electron chi connectivity index (χ4n) is 1.96. The number of halogens is 2. The number of aliphatic hydroxyl groups is 1. The van der Waals surface area contributed by atoms with E-state index in [1.165, 1.54) is 17.0 Å². The first-order chi connectivity index (χ1) is 9.71. The smallest absolute Gasteiger partial charge is 0.387 e. The largest absolute Gasteiger partial charge is 0.435 e. The Morgan fingerprint density at radius 2 is 2.10 bits per heavy atom. The topological polar surface area (TPSA) is 49.8 Å². The molecule has 0 aliphatic carbocycles. The van der Waals surface area contributed by atoms with Gasteiger partial charge in [-0.2, -0.15) is 8.78 Å². The van der Waals surface area contributed by atoms with Gasteiger partial charge in [-0.3, -0.25) is 4.79 Å². The van der Waals surface area contributed by atoms with Gasteiger partial charge in [-0.15, -0.1) is 0 Å². The number of carbonyl (C=O) groups is 1. The van der Waals surface area contributed by atoms with Crippen molar-refractivity contribution in [2.75, 3.05) is 13.1 Å². The molecule has 1 N–H and O–H groups in total. The summed E-state index contributed by atoms with van der Waals surface area (Å²) in [5, 5.41) is 9.78.